The van der Waals surface area contributed by atoms with Gasteiger partial charge in [-0.3, -0.25) is 14.4 Å². The third-order valence-corrected chi connectivity index (χ3v) is 2.92. The molecule has 0 aliphatic carbocycles. The fourth-order valence-electron chi connectivity index (χ4n) is 2.03. The van der Waals surface area contributed by atoms with Crippen LogP contribution in [0.1, 0.15) is 27.7 Å². The Hall–Kier alpha value is -1.61. The fourth-order valence-corrected chi connectivity index (χ4v) is 2.03. The van der Waals surface area contributed by atoms with E-state index in [1.807, 2.05) is 6.92 Å². The van der Waals surface area contributed by atoms with Gasteiger partial charge < -0.3 is 23.5 Å². The zero-order valence-electron chi connectivity index (χ0n) is 13.2. The summed E-state index contributed by atoms with van der Waals surface area (Å²) in [7, 11) is -0.499. The molecular weight excluding hydrogens is 295 g/mol. The molecule has 1 saturated heterocycles. The van der Waals surface area contributed by atoms with E-state index in [1.165, 1.54) is 20.8 Å². The van der Waals surface area contributed by atoms with Crippen LogP contribution in [0.5, 0.6) is 0 Å². The molecule has 0 radical (unpaired) electrons. The molecule has 0 saturated carbocycles. The van der Waals surface area contributed by atoms with Crippen LogP contribution in [0.25, 0.3) is 0 Å². The Morgan fingerprint density at radius 2 is 1.68 bits per heavy atom. The first-order valence-corrected chi connectivity index (χ1v) is 7.08. The zero-order valence-corrected chi connectivity index (χ0v) is 13.2. The number of hydrogen-bond donors (Lipinski definition) is 0. The lowest BCUT2D eigenvalue weighted by molar-refractivity contribution is -0.165. The van der Waals surface area contributed by atoms with Crippen LogP contribution in [0, 0.1) is 0 Å². The molecule has 3 unspecified atom stereocenters. The highest BCUT2D eigenvalue weighted by Gasteiger charge is 2.45. The molecule has 8 nitrogen and oxygen atoms in total. The Morgan fingerprint density at radius 3 is 2.18 bits per heavy atom. The van der Waals surface area contributed by atoms with Crippen LogP contribution in [0.4, 0.5) is 0 Å². The predicted octanol–water partition coefficient (Wildman–Crippen LogP) is 0.336. The quantitative estimate of drug-likeness (QED) is 0.377. The fraction of sp³-hybridized carbons (Fsp3) is 0.769. The van der Waals surface area contributed by atoms with E-state index in [9.17, 15) is 14.4 Å². The zero-order chi connectivity index (χ0) is 16.7. The molecule has 0 amide bonds. The van der Waals surface area contributed by atoms with Gasteiger partial charge in [0.05, 0.1) is 0 Å². The number of esters is 3. The number of hydrogen-bond acceptors (Lipinski definition) is 8. The lowest BCUT2D eigenvalue weighted by Gasteiger charge is -2.26. The van der Waals surface area contributed by atoms with Crippen molar-refractivity contribution in [3.8, 4) is 0 Å². The minimum absolute atomic E-state index is 0.0334. The van der Waals surface area contributed by atoms with Gasteiger partial charge in [-0.25, -0.2) is 0 Å². The Bertz CT molecular complexity index is 413. The molecule has 1 aliphatic heterocycles. The summed E-state index contributed by atoms with van der Waals surface area (Å²) in [5.74, 6) is -1.49. The van der Waals surface area contributed by atoms with Crippen LogP contribution in [-0.2, 0) is 37.9 Å². The van der Waals surface area contributed by atoms with Crippen molar-refractivity contribution in [2.75, 3.05) is 13.2 Å². The van der Waals surface area contributed by atoms with E-state index in [0.29, 0.717) is 6.32 Å². The van der Waals surface area contributed by atoms with E-state index in [4.69, 9.17) is 23.5 Å². The van der Waals surface area contributed by atoms with Crippen molar-refractivity contribution in [1.29, 1.82) is 0 Å². The van der Waals surface area contributed by atoms with Gasteiger partial charge in [0, 0.05) is 20.8 Å². The van der Waals surface area contributed by atoms with Crippen molar-refractivity contribution in [2.24, 2.45) is 0 Å². The van der Waals surface area contributed by atoms with Gasteiger partial charge in [-0.15, -0.1) is 0 Å². The summed E-state index contributed by atoms with van der Waals surface area (Å²) in [4.78, 5) is 33.1. The van der Waals surface area contributed by atoms with Crippen LogP contribution in [0.2, 0.25) is 6.32 Å². The number of carbonyl (C=O) groups is 3. The van der Waals surface area contributed by atoms with E-state index in [2.05, 4.69) is 0 Å². The minimum Gasteiger partial charge on any atom is -0.463 e. The summed E-state index contributed by atoms with van der Waals surface area (Å²) in [5, 5.41) is 0. The SMILES string of the molecule is CCB1OC(COC(C)=O)C(C(COC(C)=O)OC(C)=O)O1. The van der Waals surface area contributed by atoms with Crippen LogP contribution in [0.15, 0.2) is 0 Å². The van der Waals surface area contributed by atoms with Gasteiger partial charge in [0.15, 0.2) is 6.10 Å². The summed E-state index contributed by atoms with van der Waals surface area (Å²) in [6, 6.07) is 0. The highest BCUT2D eigenvalue weighted by atomic mass is 16.7. The molecular formula is C13H21BO8. The Morgan fingerprint density at radius 1 is 1.05 bits per heavy atom. The van der Waals surface area contributed by atoms with Crippen molar-refractivity contribution in [3.05, 3.63) is 0 Å². The van der Waals surface area contributed by atoms with E-state index in [0.717, 1.165) is 0 Å². The van der Waals surface area contributed by atoms with Crippen molar-refractivity contribution >= 4 is 25.0 Å². The van der Waals surface area contributed by atoms with Crippen LogP contribution in [0.3, 0.4) is 0 Å². The van der Waals surface area contributed by atoms with Gasteiger partial charge in [0.2, 0.25) is 0 Å². The first-order valence-electron chi connectivity index (χ1n) is 7.08. The van der Waals surface area contributed by atoms with Crippen molar-refractivity contribution < 1.29 is 37.9 Å². The molecule has 0 aromatic rings. The first-order chi connectivity index (χ1) is 10.3. The third-order valence-electron chi connectivity index (χ3n) is 2.92. The summed E-state index contributed by atoms with van der Waals surface area (Å²) in [6.07, 6.45) is -1.55. The summed E-state index contributed by atoms with van der Waals surface area (Å²) >= 11 is 0. The molecule has 0 aromatic carbocycles. The molecule has 1 aliphatic rings. The first kappa shape index (κ1) is 18.4. The maximum Gasteiger partial charge on any atom is 0.457 e. The topological polar surface area (TPSA) is 97.4 Å². The molecule has 1 rings (SSSR count). The van der Waals surface area contributed by atoms with Crippen molar-refractivity contribution in [1.82, 2.24) is 0 Å². The van der Waals surface area contributed by atoms with Gasteiger partial charge >= 0.3 is 25.0 Å². The summed E-state index contributed by atoms with van der Waals surface area (Å²) < 4.78 is 26.3. The Kier molecular flexibility index (Phi) is 7.33. The number of rotatable bonds is 7. The molecule has 0 spiro atoms. The average molecular weight is 316 g/mol. The van der Waals surface area contributed by atoms with Gasteiger partial charge in [0.25, 0.3) is 0 Å². The van der Waals surface area contributed by atoms with Crippen molar-refractivity contribution in [2.45, 2.75) is 52.3 Å². The Balaban J connectivity index is 2.78. The van der Waals surface area contributed by atoms with Gasteiger partial charge in [0.1, 0.15) is 25.4 Å². The summed E-state index contributed by atoms with van der Waals surface area (Å²) in [5.41, 5.74) is 0. The molecule has 0 N–H and O–H groups in total. The maximum absolute atomic E-state index is 11.2. The molecule has 22 heavy (non-hydrogen) atoms. The lowest BCUT2D eigenvalue weighted by Crippen LogP contribution is -2.43. The minimum atomic E-state index is -0.835. The third kappa shape index (κ3) is 6.02. The smallest absolute Gasteiger partial charge is 0.457 e. The van der Waals surface area contributed by atoms with E-state index in [1.54, 1.807) is 0 Å². The molecule has 124 valence electrons. The monoisotopic (exact) mass is 316 g/mol. The molecule has 9 heteroatoms. The second kappa shape index (κ2) is 8.74. The van der Waals surface area contributed by atoms with E-state index >= 15 is 0 Å². The maximum atomic E-state index is 11.2. The van der Waals surface area contributed by atoms with Crippen molar-refractivity contribution in [3.63, 3.8) is 0 Å². The molecule has 1 heterocycles. The number of ether oxygens (including phenoxy) is 3. The van der Waals surface area contributed by atoms with Gasteiger partial charge in [-0.1, -0.05) is 6.92 Å². The van der Waals surface area contributed by atoms with Crippen LogP contribution in [-0.4, -0.2) is 56.6 Å². The van der Waals surface area contributed by atoms with Crippen LogP contribution < -0.4 is 0 Å². The standard InChI is InChI=1S/C13H21BO8/c1-5-14-21-12(7-19-9(3)16)13(22-14)11(20-10(4)17)6-18-8(2)15/h11-13H,5-7H2,1-4H3. The summed E-state index contributed by atoms with van der Waals surface area (Å²) in [6.45, 7) is 5.45. The second-order valence-corrected chi connectivity index (χ2v) is 4.87. The van der Waals surface area contributed by atoms with Gasteiger partial charge in [-0.2, -0.15) is 0 Å². The lowest BCUT2D eigenvalue weighted by atomic mass is 9.87. The van der Waals surface area contributed by atoms with E-state index < -0.39 is 43.3 Å². The molecule has 3 atom stereocenters. The predicted molar refractivity (Wildman–Crippen MR) is 74.8 cm³/mol. The molecule has 0 bridgehead atoms. The Labute approximate surface area is 129 Å². The van der Waals surface area contributed by atoms with Crippen LogP contribution >= 0.6 is 0 Å². The molecule has 0 aromatic heterocycles. The van der Waals surface area contributed by atoms with E-state index in [-0.39, 0.29) is 13.2 Å². The molecule has 1 fully saturated rings. The van der Waals surface area contributed by atoms with Gasteiger partial charge in [-0.05, 0) is 6.32 Å². The normalized spacial score (nSPS) is 22.1. The average Bonchev–Trinajstić information content (AvgIpc) is 2.83. The highest BCUT2D eigenvalue weighted by molar-refractivity contribution is 6.45. The number of carbonyl (C=O) groups excluding carboxylic acids is 3. The largest absolute Gasteiger partial charge is 0.463 e. The second-order valence-electron chi connectivity index (χ2n) is 4.87. The highest BCUT2D eigenvalue weighted by Crippen LogP contribution is 2.24.